The van der Waals surface area contributed by atoms with Gasteiger partial charge in [-0.05, 0) is 54.3 Å². The molecule has 5 heteroatoms. The Morgan fingerprint density at radius 3 is 2.53 bits per heavy atom. The third kappa shape index (κ3) is 3.19. The number of hydrogen-bond donors (Lipinski definition) is 2. The molecule has 0 unspecified atom stereocenters. The molecule has 0 fully saturated rings. The average molecular weight is 279 g/mol. The predicted octanol–water partition coefficient (Wildman–Crippen LogP) is 3.85. The zero-order valence-corrected chi connectivity index (χ0v) is 11.2. The van der Waals surface area contributed by atoms with Gasteiger partial charge in [0.05, 0.1) is 0 Å². The summed E-state index contributed by atoms with van der Waals surface area (Å²) in [5, 5.41) is 15.2. The molecule has 0 spiro atoms. The number of phenolic OH excluding ortho intramolecular Hbond substituents is 1. The summed E-state index contributed by atoms with van der Waals surface area (Å²) in [4.78, 5) is 0.607. The molecule has 0 aliphatic heterocycles. The van der Waals surface area contributed by atoms with Gasteiger partial charge in [0.15, 0.2) is 23.1 Å². The summed E-state index contributed by atoms with van der Waals surface area (Å²) >= 11 is 0.961. The molecule has 2 aromatic rings. The van der Waals surface area contributed by atoms with Crippen LogP contribution in [0.25, 0.3) is 0 Å². The van der Waals surface area contributed by atoms with E-state index in [-0.39, 0.29) is 17.2 Å². The van der Waals surface area contributed by atoms with Crippen molar-refractivity contribution in [1.29, 1.82) is 0 Å². The van der Waals surface area contributed by atoms with Gasteiger partial charge in [0.2, 0.25) is 0 Å². The summed E-state index contributed by atoms with van der Waals surface area (Å²) in [6.07, 6.45) is 0.810. The van der Waals surface area contributed by atoms with Crippen LogP contribution >= 0.6 is 11.9 Å². The number of halogens is 1. The van der Waals surface area contributed by atoms with Crippen molar-refractivity contribution in [2.75, 3.05) is 0 Å². The first-order valence-electron chi connectivity index (χ1n) is 5.80. The lowest BCUT2D eigenvalue weighted by Gasteiger charge is -2.10. The molecule has 0 amide bonds. The molecular formula is C14H14FNO2S. The third-order valence-electron chi connectivity index (χ3n) is 2.69. The van der Waals surface area contributed by atoms with Crippen LogP contribution in [0.3, 0.4) is 0 Å². The summed E-state index contributed by atoms with van der Waals surface area (Å²) in [6.45, 7) is 1.98. The molecule has 0 saturated heterocycles. The van der Waals surface area contributed by atoms with Gasteiger partial charge in [-0.25, -0.2) is 4.39 Å². The van der Waals surface area contributed by atoms with Gasteiger partial charge in [-0.1, -0.05) is 13.0 Å². The number of nitrogens with two attached hydrogens (primary N) is 1. The Kier molecular flexibility index (Phi) is 4.29. The lowest BCUT2D eigenvalue weighted by atomic mass is 10.1. The lowest BCUT2D eigenvalue weighted by Crippen LogP contribution is -1.91. The molecule has 0 heterocycles. The number of aromatic hydroxyl groups is 1. The van der Waals surface area contributed by atoms with Crippen molar-refractivity contribution < 1.29 is 14.2 Å². The van der Waals surface area contributed by atoms with Gasteiger partial charge in [0, 0.05) is 4.90 Å². The summed E-state index contributed by atoms with van der Waals surface area (Å²) < 4.78 is 19.1. The van der Waals surface area contributed by atoms with Crippen molar-refractivity contribution in [2.24, 2.45) is 5.14 Å². The van der Waals surface area contributed by atoms with Gasteiger partial charge in [-0.15, -0.1) is 0 Å². The average Bonchev–Trinajstić information content (AvgIpc) is 2.42. The van der Waals surface area contributed by atoms with Crippen LogP contribution in [0.2, 0.25) is 0 Å². The van der Waals surface area contributed by atoms with E-state index in [1.807, 2.05) is 13.0 Å². The van der Waals surface area contributed by atoms with Crippen molar-refractivity contribution in [2.45, 2.75) is 18.2 Å². The fourth-order valence-corrected chi connectivity index (χ4v) is 1.94. The second-order valence-corrected chi connectivity index (χ2v) is 4.67. The standard InChI is InChI=1S/C14H14FNO2S/c1-2-9-3-5-14(12(17)7-9)18-13-6-4-10(19-16)8-11(13)15/h3-8,17H,2,16H2,1H3. The van der Waals surface area contributed by atoms with E-state index in [0.717, 1.165) is 23.9 Å². The van der Waals surface area contributed by atoms with Gasteiger partial charge in [-0.3, -0.25) is 5.14 Å². The highest BCUT2D eigenvalue weighted by Gasteiger charge is 2.09. The first-order chi connectivity index (χ1) is 9.13. The van der Waals surface area contributed by atoms with E-state index in [1.54, 1.807) is 18.2 Å². The first kappa shape index (κ1) is 13.7. The molecule has 0 atom stereocenters. The molecule has 0 saturated carbocycles. The highest BCUT2D eigenvalue weighted by Crippen LogP contribution is 2.33. The minimum atomic E-state index is -0.519. The van der Waals surface area contributed by atoms with Gasteiger partial charge in [0.25, 0.3) is 0 Å². The Labute approximate surface area is 115 Å². The summed E-state index contributed by atoms with van der Waals surface area (Å²) in [6, 6.07) is 9.49. The normalized spacial score (nSPS) is 10.5. The number of aryl methyl sites for hydroxylation is 1. The Morgan fingerprint density at radius 1 is 1.21 bits per heavy atom. The summed E-state index contributed by atoms with van der Waals surface area (Å²) in [5.74, 6) is -0.243. The van der Waals surface area contributed by atoms with Gasteiger partial charge < -0.3 is 9.84 Å². The molecular weight excluding hydrogens is 265 g/mol. The van der Waals surface area contributed by atoms with Crippen LogP contribution in [0.1, 0.15) is 12.5 Å². The largest absolute Gasteiger partial charge is 0.504 e. The predicted molar refractivity (Wildman–Crippen MR) is 74.0 cm³/mol. The van der Waals surface area contributed by atoms with E-state index in [9.17, 15) is 9.50 Å². The maximum atomic E-state index is 13.7. The van der Waals surface area contributed by atoms with E-state index in [2.05, 4.69) is 0 Å². The second kappa shape index (κ2) is 5.95. The molecule has 2 aromatic carbocycles. The molecule has 0 aliphatic carbocycles. The minimum Gasteiger partial charge on any atom is -0.504 e. The quantitative estimate of drug-likeness (QED) is 0.835. The monoisotopic (exact) mass is 279 g/mol. The topological polar surface area (TPSA) is 55.5 Å². The van der Waals surface area contributed by atoms with Crippen molar-refractivity contribution in [1.82, 2.24) is 0 Å². The number of hydrogen-bond acceptors (Lipinski definition) is 4. The van der Waals surface area contributed by atoms with Crippen LogP contribution < -0.4 is 9.88 Å². The fourth-order valence-electron chi connectivity index (χ4n) is 1.63. The first-order valence-corrected chi connectivity index (χ1v) is 6.68. The molecule has 3 nitrogen and oxygen atoms in total. The van der Waals surface area contributed by atoms with Crippen molar-refractivity contribution >= 4 is 11.9 Å². The van der Waals surface area contributed by atoms with Crippen LogP contribution in [0.5, 0.6) is 17.2 Å². The molecule has 0 aromatic heterocycles. The van der Waals surface area contributed by atoms with Gasteiger partial charge in [-0.2, -0.15) is 0 Å². The van der Waals surface area contributed by atoms with E-state index < -0.39 is 5.82 Å². The number of benzene rings is 2. The van der Waals surface area contributed by atoms with Crippen LogP contribution in [0, 0.1) is 5.82 Å². The lowest BCUT2D eigenvalue weighted by molar-refractivity contribution is 0.395. The number of rotatable bonds is 4. The van der Waals surface area contributed by atoms with E-state index in [4.69, 9.17) is 9.88 Å². The zero-order chi connectivity index (χ0) is 13.8. The molecule has 3 N–H and O–H groups in total. The zero-order valence-electron chi connectivity index (χ0n) is 10.4. The third-order valence-corrected chi connectivity index (χ3v) is 3.22. The minimum absolute atomic E-state index is 0.00368. The van der Waals surface area contributed by atoms with E-state index in [0.29, 0.717) is 4.90 Å². The Hall–Kier alpha value is -1.72. The molecule has 19 heavy (non-hydrogen) atoms. The molecule has 0 radical (unpaired) electrons. The Bertz CT molecular complexity index is 538. The number of phenols is 1. The highest BCUT2D eigenvalue weighted by atomic mass is 32.2. The Balaban J connectivity index is 2.26. The van der Waals surface area contributed by atoms with Crippen molar-refractivity contribution in [3.8, 4) is 17.2 Å². The summed E-state index contributed by atoms with van der Waals surface area (Å²) in [5.41, 5.74) is 0.986. The second-order valence-electron chi connectivity index (χ2n) is 3.97. The maximum absolute atomic E-state index is 13.7. The Morgan fingerprint density at radius 2 is 1.95 bits per heavy atom. The molecule has 0 bridgehead atoms. The van der Waals surface area contributed by atoms with E-state index in [1.165, 1.54) is 12.1 Å². The summed E-state index contributed by atoms with van der Waals surface area (Å²) in [7, 11) is 0. The van der Waals surface area contributed by atoms with Crippen LogP contribution in [0.4, 0.5) is 4.39 Å². The van der Waals surface area contributed by atoms with Crippen molar-refractivity contribution in [3.05, 3.63) is 47.8 Å². The van der Waals surface area contributed by atoms with Crippen LogP contribution in [-0.2, 0) is 6.42 Å². The SMILES string of the molecule is CCc1ccc(Oc2ccc(SN)cc2F)c(O)c1. The smallest absolute Gasteiger partial charge is 0.169 e. The molecule has 2 rings (SSSR count). The van der Waals surface area contributed by atoms with Crippen LogP contribution in [0.15, 0.2) is 41.3 Å². The van der Waals surface area contributed by atoms with Gasteiger partial charge >= 0.3 is 0 Å². The highest BCUT2D eigenvalue weighted by molar-refractivity contribution is 7.97. The molecule has 0 aliphatic rings. The van der Waals surface area contributed by atoms with Crippen molar-refractivity contribution in [3.63, 3.8) is 0 Å². The maximum Gasteiger partial charge on any atom is 0.169 e. The molecule has 100 valence electrons. The number of ether oxygens (including phenoxy) is 1. The van der Waals surface area contributed by atoms with Gasteiger partial charge in [0.1, 0.15) is 0 Å². The van der Waals surface area contributed by atoms with E-state index >= 15 is 0 Å². The fraction of sp³-hybridized carbons (Fsp3) is 0.143. The van der Waals surface area contributed by atoms with Crippen LogP contribution in [-0.4, -0.2) is 5.11 Å².